The van der Waals surface area contributed by atoms with Gasteiger partial charge in [-0.25, -0.2) is 4.39 Å². The van der Waals surface area contributed by atoms with Gasteiger partial charge in [-0.05, 0) is 42.3 Å². The van der Waals surface area contributed by atoms with Crippen LogP contribution in [0.4, 0.5) is 4.39 Å². The normalized spacial score (nSPS) is 10.7. The quantitative estimate of drug-likeness (QED) is 0.382. The molecule has 3 rings (SSSR count). The number of thioether (sulfide) groups is 1. The Balaban J connectivity index is 1.71. The van der Waals surface area contributed by atoms with E-state index in [0.717, 1.165) is 16.3 Å². The van der Waals surface area contributed by atoms with Crippen molar-refractivity contribution in [2.45, 2.75) is 31.0 Å². The van der Waals surface area contributed by atoms with Crippen molar-refractivity contribution in [3.8, 4) is 11.5 Å². The van der Waals surface area contributed by atoms with E-state index >= 15 is 0 Å². The summed E-state index contributed by atoms with van der Waals surface area (Å²) in [5.41, 5.74) is 2.11. The fraction of sp³-hybridized carbons (Fsp3) is 0.238. The van der Waals surface area contributed by atoms with Crippen LogP contribution in [0.1, 0.15) is 17.0 Å². The second-order valence-electron chi connectivity index (χ2n) is 6.16. The highest BCUT2D eigenvalue weighted by molar-refractivity contribution is 7.98. The number of rotatable bonds is 9. The van der Waals surface area contributed by atoms with Crippen LogP contribution >= 0.6 is 11.8 Å². The van der Waals surface area contributed by atoms with Crippen molar-refractivity contribution in [1.82, 2.24) is 14.8 Å². The molecule has 0 aliphatic carbocycles. The smallest absolute Gasteiger partial charge is 0.191 e. The molecule has 0 unspecified atom stereocenters. The van der Waals surface area contributed by atoms with Gasteiger partial charge in [0.05, 0.1) is 7.11 Å². The number of benzene rings is 2. The summed E-state index contributed by atoms with van der Waals surface area (Å²) < 4.78 is 26.3. The maximum atomic E-state index is 13.1. The zero-order valence-corrected chi connectivity index (χ0v) is 16.7. The first kappa shape index (κ1) is 19.9. The standard InChI is InChI=1S/C21H22FN3O2S/c1-4-11-25-20(13-27-18-10-5-15(2)12-19(18)26-3)23-24-21(25)28-14-16-6-8-17(22)9-7-16/h4-10,12H,1,11,13-14H2,2-3H3. The van der Waals surface area contributed by atoms with Crippen molar-refractivity contribution in [3.05, 3.63) is 77.9 Å². The monoisotopic (exact) mass is 399 g/mol. The van der Waals surface area contributed by atoms with E-state index in [1.165, 1.54) is 23.9 Å². The van der Waals surface area contributed by atoms with Crippen molar-refractivity contribution >= 4 is 11.8 Å². The fourth-order valence-corrected chi connectivity index (χ4v) is 3.53. The van der Waals surface area contributed by atoms with Crippen LogP contribution in [0.2, 0.25) is 0 Å². The largest absolute Gasteiger partial charge is 0.493 e. The van der Waals surface area contributed by atoms with E-state index in [4.69, 9.17) is 9.47 Å². The second kappa shape index (κ2) is 9.41. The van der Waals surface area contributed by atoms with Crippen molar-refractivity contribution in [2.24, 2.45) is 0 Å². The molecule has 0 saturated heterocycles. The summed E-state index contributed by atoms with van der Waals surface area (Å²) in [6.07, 6.45) is 1.79. The second-order valence-corrected chi connectivity index (χ2v) is 7.10. The molecule has 0 atom stereocenters. The molecule has 0 bridgehead atoms. The maximum absolute atomic E-state index is 13.1. The van der Waals surface area contributed by atoms with Gasteiger partial charge in [-0.15, -0.1) is 16.8 Å². The summed E-state index contributed by atoms with van der Waals surface area (Å²) in [7, 11) is 1.62. The number of allylic oxidation sites excluding steroid dienone is 1. The van der Waals surface area contributed by atoms with E-state index < -0.39 is 0 Å². The molecule has 146 valence electrons. The van der Waals surface area contributed by atoms with Crippen LogP contribution in [0, 0.1) is 12.7 Å². The van der Waals surface area contributed by atoms with Crippen LogP contribution in [-0.2, 0) is 18.9 Å². The van der Waals surface area contributed by atoms with Gasteiger partial charge in [0.2, 0.25) is 0 Å². The highest BCUT2D eigenvalue weighted by Gasteiger charge is 2.14. The summed E-state index contributed by atoms with van der Waals surface area (Å²) in [6, 6.07) is 12.2. The molecule has 0 saturated carbocycles. The highest BCUT2D eigenvalue weighted by Crippen LogP contribution is 2.29. The third kappa shape index (κ3) is 4.92. The Labute approximate surface area is 168 Å². The minimum absolute atomic E-state index is 0.241. The molecule has 0 spiro atoms. The first-order chi connectivity index (χ1) is 13.6. The third-order valence-corrected chi connectivity index (χ3v) is 5.10. The van der Waals surface area contributed by atoms with Gasteiger partial charge < -0.3 is 9.47 Å². The van der Waals surface area contributed by atoms with Crippen molar-refractivity contribution in [2.75, 3.05) is 7.11 Å². The predicted molar refractivity (Wildman–Crippen MR) is 108 cm³/mol. The Morgan fingerprint density at radius 2 is 1.93 bits per heavy atom. The van der Waals surface area contributed by atoms with Gasteiger partial charge in [0.15, 0.2) is 22.5 Å². The topological polar surface area (TPSA) is 49.2 Å². The summed E-state index contributed by atoms with van der Waals surface area (Å²) in [4.78, 5) is 0. The first-order valence-corrected chi connectivity index (χ1v) is 9.77. The predicted octanol–water partition coefficient (Wildman–Crippen LogP) is 4.79. The molecule has 0 N–H and O–H groups in total. The molecule has 3 aromatic rings. The average molecular weight is 399 g/mol. The summed E-state index contributed by atoms with van der Waals surface area (Å²) >= 11 is 1.54. The molecule has 1 aromatic heterocycles. The molecule has 0 amide bonds. The van der Waals surface area contributed by atoms with E-state index in [-0.39, 0.29) is 12.4 Å². The van der Waals surface area contributed by atoms with Crippen LogP contribution in [-0.4, -0.2) is 21.9 Å². The lowest BCUT2D eigenvalue weighted by molar-refractivity contribution is 0.271. The van der Waals surface area contributed by atoms with Crippen LogP contribution in [0.15, 0.2) is 60.3 Å². The number of methoxy groups -OCH3 is 1. The fourth-order valence-electron chi connectivity index (χ4n) is 2.61. The van der Waals surface area contributed by atoms with Gasteiger partial charge >= 0.3 is 0 Å². The summed E-state index contributed by atoms with van der Waals surface area (Å²) in [5.74, 6) is 2.46. The molecule has 5 nitrogen and oxygen atoms in total. The van der Waals surface area contributed by atoms with Gasteiger partial charge in [-0.2, -0.15) is 0 Å². The van der Waals surface area contributed by atoms with Crippen LogP contribution in [0.5, 0.6) is 11.5 Å². The Kier molecular flexibility index (Phi) is 6.71. The number of hydrogen-bond donors (Lipinski definition) is 0. The molecule has 28 heavy (non-hydrogen) atoms. The Morgan fingerprint density at radius 3 is 2.64 bits per heavy atom. The minimum atomic E-state index is -0.241. The van der Waals surface area contributed by atoms with E-state index in [9.17, 15) is 4.39 Å². The highest BCUT2D eigenvalue weighted by atomic mass is 32.2. The van der Waals surface area contributed by atoms with E-state index in [1.54, 1.807) is 25.3 Å². The Hall–Kier alpha value is -2.80. The Morgan fingerprint density at radius 1 is 1.14 bits per heavy atom. The maximum Gasteiger partial charge on any atom is 0.191 e. The number of hydrogen-bond acceptors (Lipinski definition) is 5. The molecular weight excluding hydrogens is 377 g/mol. The van der Waals surface area contributed by atoms with Gasteiger partial charge in [0.1, 0.15) is 12.4 Å². The summed E-state index contributed by atoms with van der Waals surface area (Å²) in [5, 5.41) is 9.31. The Bertz CT molecular complexity index is 941. The van der Waals surface area contributed by atoms with Crippen molar-refractivity contribution < 1.29 is 13.9 Å². The molecule has 0 aliphatic rings. The lowest BCUT2D eigenvalue weighted by Crippen LogP contribution is -2.08. The van der Waals surface area contributed by atoms with Crippen molar-refractivity contribution in [3.63, 3.8) is 0 Å². The lowest BCUT2D eigenvalue weighted by Gasteiger charge is -2.12. The third-order valence-electron chi connectivity index (χ3n) is 4.06. The van der Waals surface area contributed by atoms with E-state index in [2.05, 4.69) is 16.8 Å². The lowest BCUT2D eigenvalue weighted by atomic mass is 10.2. The number of halogens is 1. The summed E-state index contributed by atoms with van der Waals surface area (Å²) in [6.45, 7) is 6.64. The number of ether oxygens (including phenoxy) is 2. The molecule has 2 aromatic carbocycles. The van der Waals surface area contributed by atoms with E-state index in [1.807, 2.05) is 29.7 Å². The molecule has 0 radical (unpaired) electrons. The van der Waals surface area contributed by atoms with Crippen LogP contribution in [0.3, 0.4) is 0 Å². The van der Waals surface area contributed by atoms with Crippen LogP contribution < -0.4 is 9.47 Å². The van der Waals surface area contributed by atoms with E-state index in [0.29, 0.717) is 29.6 Å². The molecule has 0 fully saturated rings. The molecule has 1 heterocycles. The van der Waals surface area contributed by atoms with Gasteiger partial charge in [-0.1, -0.05) is 36.0 Å². The zero-order chi connectivity index (χ0) is 19.9. The number of aryl methyl sites for hydroxylation is 1. The SMILES string of the molecule is C=CCn1c(COc2ccc(C)cc2OC)nnc1SCc1ccc(F)cc1. The number of nitrogens with zero attached hydrogens (tertiary/aromatic N) is 3. The van der Waals surface area contributed by atoms with Crippen molar-refractivity contribution in [1.29, 1.82) is 0 Å². The number of aromatic nitrogens is 3. The molecule has 0 aliphatic heterocycles. The van der Waals surface area contributed by atoms with Gasteiger partial charge in [0.25, 0.3) is 0 Å². The van der Waals surface area contributed by atoms with Gasteiger partial charge in [-0.3, -0.25) is 4.57 Å². The average Bonchev–Trinajstić information content (AvgIpc) is 3.08. The van der Waals surface area contributed by atoms with Gasteiger partial charge in [0, 0.05) is 12.3 Å². The minimum Gasteiger partial charge on any atom is -0.493 e. The molecule has 7 heteroatoms. The zero-order valence-electron chi connectivity index (χ0n) is 15.9. The first-order valence-electron chi connectivity index (χ1n) is 8.78. The molecular formula is C21H22FN3O2S. The van der Waals surface area contributed by atoms with Crippen LogP contribution in [0.25, 0.3) is 0 Å².